The molecule has 5 aliphatic rings. The number of nitriles is 1. The fraction of sp³-hybridized carbons (Fsp3) is 0.742. The summed E-state index contributed by atoms with van der Waals surface area (Å²) in [7, 11) is 0. The third-order valence-electron chi connectivity index (χ3n) is 12.0. The summed E-state index contributed by atoms with van der Waals surface area (Å²) in [5.41, 5.74) is 5.30. The Kier molecular flexibility index (Phi) is 5.53. The standard InChI is InChI=1S/C31H43N3O3/c1-27(2)14-19-18(20(15-27)34-26(33)37)8-10-31(7)24(19)21(35)12-23-29(5)13-17(16-32)25(36)28(3,4)22(29)9-11-30(23,31)6/h12-13,18-20,22,24H,8-11,14-15H2,1-7H3,(H3,33,34,37)/t18-,19-,20+,22-,24-,29-,30+,31+/m0/s1. The number of primary amides is 1. The number of hydrogen-bond acceptors (Lipinski definition) is 4. The van der Waals surface area contributed by atoms with Gasteiger partial charge in [-0.1, -0.05) is 60.1 Å². The summed E-state index contributed by atoms with van der Waals surface area (Å²) in [4.78, 5) is 39.3. The smallest absolute Gasteiger partial charge is 0.312 e. The molecule has 0 aromatic carbocycles. The number of Topliss-reactive ketones (excluding diaryl/α,β-unsaturated/α-hetero) is 1. The van der Waals surface area contributed by atoms with E-state index < -0.39 is 16.9 Å². The zero-order valence-corrected chi connectivity index (χ0v) is 23.5. The summed E-state index contributed by atoms with van der Waals surface area (Å²) >= 11 is 0. The van der Waals surface area contributed by atoms with Crippen molar-refractivity contribution in [1.29, 1.82) is 5.26 Å². The summed E-state index contributed by atoms with van der Waals surface area (Å²) in [6.45, 7) is 15.3. The molecule has 37 heavy (non-hydrogen) atoms. The van der Waals surface area contributed by atoms with Crippen LogP contribution in [0, 0.1) is 62.1 Å². The number of carbonyl (C=O) groups excluding carboxylic acids is 3. The Bertz CT molecular complexity index is 1190. The Labute approximate surface area is 221 Å². The van der Waals surface area contributed by atoms with Gasteiger partial charge >= 0.3 is 6.03 Å². The topological polar surface area (TPSA) is 113 Å². The van der Waals surface area contributed by atoms with Crippen LogP contribution in [0.2, 0.25) is 0 Å². The number of nitrogens with two attached hydrogens (primary N) is 1. The van der Waals surface area contributed by atoms with Crippen LogP contribution in [0.4, 0.5) is 4.79 Å². The number of nitrogens with one attached hydrogen (secondary N) is 1. The van der Waals surface area contributed by atoms with Gasteiger partial charge in [-0.15, -0.1) is 0 Å². The molecule has 2 amide bonds. The number of nitrogens with zero attached hydrogens (tertiary/aromatic N) is 1. The van der Waals surface area contributed by atoms with Crippen molar-refractivity contribution in [2.24, 2.45) is 56.5 Å². The van der Waals surface area contributed by atoms with Gasteiger partial charge in [-0.05, 0) is 78.6 Å². The van der Waals surface area contributed by atoms with Crippen molar-refractivity contribution in [3.05, 3.63) is 23.3 Å². The van der Waals surface area contributed by atoms with Crippen LogP contribution in [0.15, 0.2) is 23.3 Å². The zero-order chi connectivity index (χ0) is 27.3. The Morgan fingerprint density at radius 1 is 1.03 bits per heavy atom. The zero-order valence-electron chi connectivity index (χ0n) is 23.5. The van der Waals surface area contributed by atoms with Crippen LogP contribution in [0.25, 0.3) is 0 Å². The van der Waals surface area contributed by atoms with E-state index in [9.17, 15) is 19.6 Å². The molecule has 6 heteroatoms. The van der Waals surface area contributed by atoms with Gasteiger partial charge in [0.2, 0.25) is 0 Å². The average molecular weight is 506 g/mol. The van der Waals surface area contributed by atoms with Gasteiger partial charge in [-0.25, -0.2) is 4.79 Å². The van der Waals surface area contributed by atoms with Gasteiger partial charge in [0.15, 0.2) is 11.6 Å². The van der Waals surface area contributed by atoms with Crippen LogP contribution in [0.5, 0.6) is 0 Å². The highest BCUT2D eigenvalue weighted by Crippen LogP contribution is 2.72. The second kappa shape index (κ2) is 7.80. The largest absolute Gasteiger partial charge is 0.352 e. The van der Waals surface area contributed by atoms with Crippen molar-refractivity contribution < 1.29 is 14.4 Å². The van der Waals surface area contributed by atoms with Crippen LogP contribution < -0.4 is 11.1 Å². The molecule has 3 N–H and O–H groups in total. The van der Waals surface area contributed by atoms with E-state index in [0.717, 1.165) is 44.1 Å². The first kappa shape index (κ1) is 26.2. The van der Waals surface area contributed by atoms with Crippen LogP contribution in [0.1, 0.15) is 87.0 Å². The molecule has 5 aliphatic carbocycles. The number of fused-ring (bicyclic) bond motifs is 7. The molecule has 3 fully saturated rings. The lowest BCUT2D eigenvalue weighted by Crippen LogP contribution is -2.65. The maximum absolute atomic E-state index is 14.3. The molecule has 0 aliphatic heterocycles. The van der Waals surface area contributed by atoms with Gasteiger partial charge in [-0.2, -0.15) is 5.26 Å². The summed E-state index contributed by atoms with van der Waals surface area (Å²) in [5.74, 6) is 0.459. The van der Waals surface area contributed by atoms with Gasteiger partial charge in [-0.3, -0.25) is 9.59 Å². The van der Waals surface area contributed by atoms with E-state index in [2.05, 4.69) is 46.0 Å². The predicted molar refractivity (Wildman–Crippen MR) is 142 cm³/mol. The number of hydrogen-bond donors (Lipinski definition) is 2. The molecular formula is C31H43N3O3. The lowest BCUT2D eigenvalue weighted by Gasteiger charge is -2.68. The molecule has 0 aromatic rings. The Morgan fingerprint density at radius 2 is 1.70 bits per heavy atom. The van der Waals surface area contributed by atoms with Crippen molar-refractivity contribution in [1.82, 2.24) is 5.32 Å². The molecular weight excluding hydrogens is 462 g/mol. The molecule has 200 valence electrons. The molecule has 0 aromatic heterocycles. The third-order valence-corrected chi connectivity index (χ3v) is 12.0. The quantitative estimate of drug-likeness (QED) is 0.491. The van der Waals surface area contributed by atoms with E-state index in [-0.39, 0.29) is 63.1 Å². The van der Waals surface area contributed by atoms with E-state index in [1.54, 1.807) is 0 Å². The molecule has 8 atom stereocenters. The molecule has 5 rings (SSSR count). The first-order valence-electron chi connectivity index (χ1n) is 14.0. The number of urea groups is 1. The van der Waals surface area contributed by atoms with Crippen LogP contribution in [-0.4, -0.2) is 23.6 Å². The summed E-state index contributed by atoms with van der Waals surface area (Å²) in [5, 5.41) is 12.9. The maximum Gasteiger partial charge on any atom is 0.312 e. The normalized spacial score (nSPS) is 45.6. The van der Waals surface area contributed by atoms with Crippen molar-refractivity contribution in [2.75, 3.05) is 0 Å². The molecule has 3 saturated carbocycles. The Hall–Kier alpha value is -2.42. The van der Waals surface area contributed by atoms with Crippen molar-refractivity contribution in [2.45, 2.75) is 93.0 Å². The lowest BCUT2D eigenvalue weighted by molar-refractivity contribution is -0.157. The average Bonchev–Trinajstić information content (AvgIpc) is 2.76. The first-order chi connectivity index (χ1) is 17.0. The van der Waals surface area contributed by atoms with E-state index in [1.165, 1.54) is 0 Å². The number of allylic oxidation sites excluding steroid dienone is 4. The van der Waals surface area contributed by atoms with Crippen LogP contribution in [0.3, 0.4) is 0 Å². The molecule has 0 unspecified atom stereocenters. The van der Waals surface area contributed by atoms with E-state index in [0.29, 0.717) is 0 Å². The molecule has 0 bridgehead atoms. The van der Waals surface area contributed by atoms with E-state index >= 15 is 0 Å². The summed E-state index contributed by atoms with van der Waals surface area (Å²) < 4.78 is 0. The second-order valence-corrected chi connectivity index (χ2v) is 14.8. The van der Waals surface area contributed by atoms with Gasteiger partial charge in [0.25, 0.3) is 0 Å². The molecule has 0 saturated heterocycles. The van der Waals surface area contributed by atoms with Gasteiger partial charge in [0.05, 0.1) is 5.57 Å². The van der Waals surface area contributed by atoms with Gasteiger partial charge in [0, 0.05) is 22.8 Å². The highest BCUT2D eigenvalue weighted by molar-refractivity contribution is 6.04. The fourth-order valence-electron chi connectivity index (χ4n) is 10.3. The summed E-state index contributed by atoms with van der Waals surface area (Å²) in [6, 6.07) is 1.67. The Morgan fingerprint density at radius 3 is 2.32 bits per heavy atom. The maximum atomic E-state index is 14.3. The van der Waals surface area contributed by atoms with Gasteiger partial charge in [0.1, 0.15) is 6.07 Å². The second-order valence-electron chi connectivity index (χ2n) is 14.8. The monoisotopic (exact) mass is 505 g/mol. The number of rotatable bonds is 1. The molecule has 6 nitrogen and oxygen atoms in total. The van der Waals surface area contributed by atoms with Crippen LogP contribution in [-0.2, 0) is 9.59 Å². The van der Waals surface area contributed by atoms with Crippen LogP contribution >= 0.6 is 0 Å². The minimum atomic E-state index is -0.657. The van der Waals surface area contributed by atoms with Crippen molar-refractivity contribution in [3.63, 3.8) is 0 Å². The minimum Gasteiger partial charge on any atom is -0.352 e. The van der Waals surface area contributed by atoms with Gasteiger partial charge < -0.3 is 11.1 Å². The van der Waals surface area contributed by atoms with Crippen molar-refractivity contribution in [3.8, 4) is 6.07 Å². The lowest BCUT2D eigenvalue weighted by atomic mass is 9.35. The highest BCUT2D eigenvalue weighted by atomic mass is 16.2. The van der Waals surface area contributed by atoms with Crippen molar-refractivity contribution >= 4 is 17.6 Å². The first-order valence-corrected chi connectivity index (χ1v) is 14.0. The molecule has 0 radical (unpaired) electrons. The SMILES string of the molecule is CC1(C)C[C@H]2[C@H](CC[C@]3(C)[C@@H]2C(=O)C=C2[C@@]4(C)C=C(C#N)C(=O)C(C)(C)[C@@H]4CC[C@]23C)[C@H](NC(N)=O)C1. The molecule has 0 heterocycles. The Balaban J connectivity index is 1.65. The predicted octanol–water partition coefficient (Wildman–Crippen LogP) is 5.48. The fourth-order valence-corrected chi connectivity index (χ4v) is 10.3. The summed E-state index contributed by atoms with van der Waals surface area (Å²) in [6.07, 6.45) is 9.34. The number of carbonyl (C=O) groups is 3. The number of ketones is 2. The molecule has 0 spiro atoms. The number of amides is 2. The third kappa shape index (κ3) is 3.38. The van der Waals surface area contributed by atoms with E-state index in [1.807, 2.05) is 26.0 Å². The highest BCUT2D eigenvalue weighted by Gasteiger charge is 2.68. The minimum absolute atomic E-state index is 0.000457. The van der Waals surface area contributed by atoms with E-state index in [4.69, 9.17) is 5.73 Å².